The zero-order valence-corrected chi connectivity index (χ0v) is 32.3. The van der Waals surface area contributed by atoms with Crippen LogP contribution in [0.4, 0.5) is 0 Å². The average Bonchev–Trinajstić information content (AvgIpc) is 3.03. The molecule has 2 bridgehead atoms. The van der Waals surface area contributed by atoms with Crippen molar-refractivity contribution in [3.05, 3.63) is 46.1 Å². The van der Waals surface area contributed by atoms with Gasteiger partial charge in [-0.15, -0.1) is 11.6 Å². The van der Waals surface area contributed by atoms with Gasteiger partial charge in [-0.1, -0.05) is 48.3 Å². The highest BCUT2D eigenvalue weighted by Gasteiger charge is 2.60. The molecule has 0 saturated carbocycles. The number of carbonyl (C=O) groups excluding carboxylic acids is 4. The highest BCUT2D eigenvalue weighted by molar-refractivity contribution is 6.24. The molecule has 2 N–H and O–H groups in total. The van der Waals surface area contributed by atoms with E-state index in [9.17, 15) is 29.4 Å². The number of rotatable bonds is 2. The van der Waals surface area contributed by atoms with E-state index in [2.05, 4.69) is 0 Å². The summed E-state index contributed by atoms with van der Waals surface area (Å²) < 4.78 is 12.0. The molecule has 1 fully saturated rings. The second kappa shape index (κ2) is 15.7. The Hall–Kier alpha value is -2.39. The van der Waals surface area contributed by atoms with E-state index in [4.69, 9.17) is 21.1 Å². The third-order valence-corrected chi connectivity index (χ3v) is 12.7. The van der Waals surface area contributed by atoms with E-state index in [0.29, 0.717) is 49.7 Å². The summed E-state index contributed by atoms with van der Waals surface area (Å²) in [6, 6.07) is 0. The van der Waals surface area contributed by atoms with Crippen LogP contribution in [0.2, 0.25) is 0 Å². The van der Waals surface area contributed by atoms with Crippen LogP contribution in [-0.2, 0) is 28.7 Å². The Bertz CT molecular complexity index is 1480. The molecule has 2 aliphatic heterocycles. The number of Topliss-reactive ketones (excluding diaryl/α,β-unsaturated/α-hetero) is 2. The van der Waals surface area contributed by atoms with Crippen LogP contribution in [0.3, 0.4) is 0 Å². The quantitative estimate of drug-likeness (QED) is 0.173. The number of hydrogen-bond acceptors (Lipinski definition) is 8. The number of halogens is 1. The summed E-state index contributed by atoms with van der Waals surface area (Å²) in [6.07, 6.45) is 6.24. The zero-order chi connectivity index (χ0) is 37.3. The smallest absolute Gasteiger partial charge is 0.313 e. The van der Waals surface area contributed by atoms with Crippen molar-refractivity contribution in [2.24, 2.45) is 29.1 Å². The Morgan fingerprint density at radius 1 is 1.00 bits per heavy atom. The molecule has 8 nitrogen and oxygen atoms in total. The van der Waals surface area contributed by atoms with Crippen molar-refractivity contribution in [1.82, 2.24) is 0 Å². The van der Waals surface area contributed by atoms with Gasteiger partial charge in [-0.3, -0.25) is 19.2 Å². The Kier molecular flexibility index (Phi) is 12.7. The van der Waals surface area contributed by atoms with Crippen molar-refractivity contribution in [2.75, 3.05) is 7.11 Å². The van der Waals surface area contributed by atoms with E-state index in [1.165, 1.54) is 7.11 Å². The van der Waals surface area contributed by atoms with Crippen LogP contribution in [0.25, 0.3) is 0 Å². The number of aliphatic hydroxyl groups excluding tert-OH is 1. The fourth-order valence-corrected chi connectivity index (χ4v) is 9.04. The van der Waals surface area contributed by atoms with Gasteiger partial charge in [0.1, 0.15) is 11.4 Å². The lowest BCUT2D eigenvalue weighted by atomic mass is 9.53. The fourth-order valence-electron chi connectivity index (χ4n) is 8.77. The highest BCUT2D eigenvalue weighted by Crippen LogP contribution is 2.55. The van der Waals surface area contributed by atoms with Crippen molar-refractivity contribution in [3.8, 4) is 0 Å². The highest BCUT2D eigenvalue weighted by atomic mass is 35.5. The minimum absolute atomic E-state index is 0.00521. The molecule has 278 valence electrons. The molecule has 9 heteroatoms. The van der Waals surface area contributed by atoms with Gasteiger partial charge in [-0.2, -0.15) is 0 Å². The van der Waals surface area contributed by atoms with Crippen LogP contribution >= 0.6 is 11.6 Å². The minimum Gasteiger partial charge on any atom is -0.469 e. The lowest BCUT2D eigenvalue weighted by molar-refractivity contribution is -0.196. The van der Waals surface area contributed by atoms with Crippen molar-refractivity contribution >= 4 is 34.9 Å². The third kappa shape index (κ3) is 8.14. The zero-order valence-electron chi connectivity index (χ0n) is 31.6. The van der Waals surface area contributed by atoms with Crippen molar-refractivity contribution in [3.63, 3.8) is 0 Å². The third-order valence-electron chi connectivity index (χ3n) is 12.3. The van der Waals surface area contributed by atoms with Crippen molar-refractivity contribution in [1.29, 1.82) is 0 Å². The predicted octanol–water partition coefficient (Wildman–Crippen LogP) is 7.33. The van der Waals surface area contributed by atoms with Gasteiger partial charge < -0.3 is 19.7 Å². The summed E-state index contributed by atoms with van der Waals surface area (Å²) in [4.78, 5) is 56.5. The van der Waals surface area contributed by atoms with Crippen LogP contribution in [0, 0.1) is 29.1 Å². The molecule has 50 heavy (non-hydrogen) atoms. The lowest BCUT2D eigenvalue weighted by Crippen LogP contribution is -2.58. The summed E-state index contributed by atoms with van der Waals surface area (Å²) in [5.74, 6) is -3.93. The minimum atomic E-state index is -1.66. The number of hydrogen-bond donors (Lipinski definition) is 2. The van der Waals surface area contributed by atoms with E-state index >= 15 is 0 Å². The van der Waals surface area contributed by atoms with Gasteiger partial charge in [0.2, 0.25) is 0 Å². The lowest BCUT2D eigenvalue weighted by Gasteiger charge is -2.50. The van der Waals surface area contributed by atoms with Gasteiger partial charge in [0.05, 0.1) is 35.7 Å². The second-order valence-corrected chi connectivity index (χ2v) is 17.3. The molecule has 9 atom stereocenters. The standard InChI is InChI=1S/C41H59ClO8/c1-23(2)28-20-32(43)26(5)12-10-11-24(3)18-33(44)31-19-27(6)29-21-35(46)40(8,48)37-15-16-39(7,42)36(50-37)14-13-25(4)17-30(29)41(31,22-34(28)45)38(47)49-9/h12,17-18,23,28,30-31,35-37,46,48H,10-11,13-16,19-22H2,1-9H3/b24-18+,25-17+,26-12+/t28-,30-,31+,35-,36-,37+,39-,40-,41-/m1/s1. The van der Waals surface area contributed by atoms with Crippen LogP contribution in [-0.4, -0.2) is 69.4 Å². The van der Waals surface area contributed by atoms with Crippen LogP contribution in [0.15, 0.2) is 46.1 Å². The molecule has 4 rings (SSSR count). The number of carbonyl (C=O) groups is 4. The molecule has 4 aliphatic rings. The topological polar surface area (TPSA) is 127 Å². The molecule has 0 amide bonds. The molecule has 1 saturated heterocycles. The van der Waals surface area contributed by atoms with E-state index < -0.39 is 57.9 Å². The first-order chi connectivity index (χ1) is 23.3. The van der Waals surface area contributed by atoms with E-state index in [1.807, 2.05) is 53.7 Å². The molecular weight excluding hydrogens is 656 g/mol. The Morgan fingerprint density at radius 2 is 1.68 bits per heavy atom. The Morgan fingerprint density at radius 3 is 2.32 bits per heavy atom. The molecule has 0 aromatic carbocycles. The molecule has 0 spiro atoms. The number of aliphatic hydroxyl groups is 2. The Balaban J connectivity index is 2.00. The number of allylic oxidation sites excluding steroid dienone is 7. The summed E-state index contributed by atoms with van der Waals surface area (Å²) in [6.45, 7) is 14.8. The molecule has 0 unspecified atom stereocenters. The maximum absolute atomic E-state index is 14.7. The molecular formula is C41H59ClO8. The number of ketones is 3. The maximum Gasteiger partial charge on any atom is 0.313 e. The van der Waals surface area contributed by atoms with Crippen LogP contribution in [0.5, 0.6) is 0 Å². The monoisotopic (exact) mass is 714 g/mol. The maximum atomic E-state index is 14.7. The van der Waals surface area contributed by atoms with Gasteiger partial charge in [0.15, 0.2) is 11.6 Å². The van der Waals surface area contributed by atoms with Gasteiger partial charge in [-0.05, 0) is 110 Å². The van der Waals surface area contributed by atoms with Gasteiger partial charge in [0, 0.05) is 30.6 Å². The van der Waals surface area contributed by atoms with Crippen molar-refractivity contribution < 1.29 is 38.9 Å². The summed E-state index contributed by atoms with van der Waals surface area (Å²) in [5.41, 5.74) is 0.532. The van der Waals surface area contributed by atoms with E-state index in [1.54, 1.807) is 19.9 Å². The van der Waals surface area contributed by atoms with Crippen molar-refractivity contribution in [2.45, 2.75) is 148 Å². The van der Waals surface area contributed by atoms with E-state index in [-0.39, 0.29) is 49.0 Å². The van der Waals surface area contributed by atoms with E-state index in [0.717, 1.165) is 16.7 Å². The number of methoxy groups -OCH3 is 1. The largest absolute Gasteiger partial charge is 0.469 e. The predicted molar refractivity (Wildman–Crippen MR) is 194 cm³/mol. The molecule has 0 aromatic heterocycles. The second-order valence-electron chi connectivity index (χ2n) is 16.4. The normalized spacial score (nSPS) is 41.5. The molecule has 0 aromatic rings. The molecule has 0 radical (unpaired) electrons. The first kappa shape index (κ1) is 40.4. The number of esters is 1. The first-order valence-electron chi connectivity index (χ1n) is 18.4. The van der Waals surface area contributed by atoms with Gasteiger partial charge >= 0.3 is 5.97 Å². The van der Waals surface area contributed by atoms with Crippen LogP contribution < -0.4 is 0 Å². The summed E-state index contributed by atoms with van der Waals surface area (Å²) >= 11 is 6.96. The first-order valence-corrected chi connectivity index (χ1v) is 18.8. The number of fused-ring (bicyclic) bond motifs is 5. The Labute approximate surface area is 303 Å². The van der Waals surface area contributed by atoms with Crippen LogP contribution in [0.1, 0.15) is 120 Å². The molecule has 2 heterocycles. The number of alkyl halides is 1. The van der Waals surface area contributed by atoms with Gasteiger partial charge in [0.25, 0.3) is 0 Å². The summed E-state index contributed by atoms with van der Waals surface area (Å²) in [7, 11) is 1.28. The SMILES string of the molecule is COC(=O)[C@@]12CC(=O)[C@@H](C(C)C)CC(=O)/C(C)=C/CC/C(C)=C/C(=O)[C@@H]1CC(C)=C1C[C@@H](O)[C@@](C)(O)[C@@H]3CC[C@@](C)(Cl)[C@@H](CC/C(C)=C/[C@H]12)O3. The summed E-state index contributed by atoms with van der Waals surface area (Å²) in [5, 5.41) is 23.8. The van der Waals surface area contributed by atoms with Gasteiger partial charge in [-0.25, -0.2) is 0 Å². The number of ether oxygens (including phenoxy) is 2. The average molecular weight is 715 g/mol. The molecule has 2 aliphatic carbocycles. The fraction of sp³-hybridized carbons (Fsp3) is 0.707.